The fourth-order valence-corrected chi connectivity index (χ4v) is 1.86. The van der Waals surface area contributed by atoms with E-state index in [4.69, 9.17) is 4.74 Å². The summed E-state index contributed by atoms with van der Waals surface area (Å²) in [6, 6.07) is 5.61. The quantitative estimate of drug-likeness (QED) is 0.774. The van der Waals surface area contributed by atoms with Crippen LogP contribution >= 0.6 is 0 Å². The first-order valence-electron chi connectivity index (χ1n) is 6.06. The molecule has 7 nitrogen and oxygen atoms in total. The Morgan fingerprint density at radius 3 is 2.90 bits per heavy atom. The molecule has 0 radical (unpaired) electrons. The molecule has 1 saturated heterocycles. The lowest BCUT2D eigenvalue weighted by molar-refractivity contribution is -0.137. The fraction of sp³-hybridized carbons (Fsp3) is 0.308. The van der Waals surface area contributed by atoms with E-state index in [1.807, 2.05) is 0 Å². The maximum Gasteiger partial charge on any atom is 0.322 e. The molecule has 2 N–H and O–H groups in total. The third kappa shape index (κ3) is 2.87. The minimum absolute atomic E-state index is 0.150. The molecular weight excluding hydrogens is 262 g/mol. The molecule has 20 heavy (non-hydrogen) atoms. The highest BCUT2D eigenvalue weighted by atomic mass is 16.5. The molecule has 1 aromatic rings. The molecule has 1 aliphatic heterocycles. The molecule has 1 heterocycles. The first-order chi connectivity index (χ1) is 9.51. The Labute approximate surface area is 115 Å². The summed E-state index contributed by atoms with van der Waals surface area (Å²) in [5, 5.41) is 4.81. The summed E-state index contributed by atoms with van der Waals surface area (Å²) in [6.45, 7) is 1.41. The Morgan fingerprint density at radius 2 is 2.20 bits per heavy atom. The van der Waals surface area contributed by atoms with Crippen molar-refractivity contribution in [2.75, 3.05) is 19.0 Å². The molecule has 1 unspecified atom stereocenters. The van der Waals surface area contributed by atoms with Gasteiger partial charge in [-0.2, -0.15) is 0 Å². The molecule has 7 heteroatoms. The predicted octanol–water partition coefficient (Wildman–Crippen LogP) is 0.574. The number of anilines is 1. The van der Waals surface area contributed by atoms with E-state index in [1.54, 1.807) is 31.2 Å². The van der Waals surface area contributed by atoms with Crippen LogP contribution in [-0.4, -0.2) is 42.4 Å². The van der Waals surface area contributed by atoms with Gasteiger partial charge in [0, 0.05) is 11.8 Å². The van der Waals surface area contributed by atoms with Crippen molar-refractivity contribution >= 4 is 23.5 Å². The summed E-state index contributed by atoms with van der Waals surface area (Å²) >= 11 is 0. The number of urea groups is 1. The Bertz CT molecular complexity index is 558. The van der Waals surface area contributed by atoms with Crippen LogP contribution in [-0.2, 0) is 9.59 Å². The van der Waals surface area contributed by atoms with Crippen molar-refractivity contribution in [2.45, 2.75) is 13.0 Å². The second-order valence-electron chi connectivity index (χ2n) is 4.38. The number of amides is 4. The van der Waals surface area contributed by atoms with Gasteiger partial charge < -0.3 is 15.0 Å². The van der Waals surface area contributed by atoms with Crippen LogP contribution in [0.3, 0.4) is 0 Å². The number of methoxy groups -OCH3 is 1. The normalized spacial score (nSPS) is 18.5. The molecule has 0 spiro atoms. The summed E-state index contributed by atoms with van der Waals surface area (Å²) in [5.41, 5.74) is 0.528. The maximum absolute atomic E-state index is 12.1. The van der Waals surface area contributed by atoms with E-state index < -0.39 is 23.9 Å². The summed E-state index contributed by atoms with van der Waals surface area (Å²) in [7, 11) is 1.52. The van der Waals surface area contributed by atoms with Crippen molar-refractivity contribution in [1.29, 1.82) is 0 Å². The lowest BCUT2D eigenvalue weighted by atomic mass is 10.2. The average Bonchev–Trinajstić information content (AvgIpc) is 2.43. The van der Waals surface area contributed by atoms with Crippen LogP contribution in [0.15, 0.2) is 24.3 Å². The molecule has 106 valence electrons. The van der Waals surface area contributed by atoms with Crippen LogP contribution < -0.4 is 15.4 Å². The van der Waals surface area contributed by atoms with Crippen molar-refractivity contribution in [3.8, 4) is 5.75 Å². The van der Waals surface area contributed by atoms with E-state index in [9.17, 15) is 14.4 Å². The highest BCUT2D eigenvalue weighted by molar-refractivity contribution is 6.05. The summed E-state index contributed by atoms with van der Waals surface area (Å²) in [6.07, 6.45) is 0. The Hall–Kier alpha value is -2.57. The van der Waals surface area contributed by atoms with Gasteiger partial charge in [-0.3, -0.25) is 14.9 Å². The number of carbonyl (C=O) groups is 3. The van der Waals surface area contributed by atoms with Crippen LogP contribution in [0, 0.1) is 0 Å². The number of nitrogens with zero attached hydrogens (tertiary/aromatic N) is 1. The first-order valence-corrected chi connectivity index (χ1v) is 6.06. The number of hydrogen-bond donors (Lipinski definition) is 2. The number of piperazine rings is 1. The van der Waals surface area contributed by atoms with Crippen molar-refractivity contribution in [2.24, 2.45) is 0 Å². The lowest BCUT2D eigenvalue weighted by Gasteiger charge is -2.31. The molecule has 2 rings (SSSR count). The highest BCUT2D eigenvalue weighted by Crippen LogP contribution is 2.17. The third-order valence-corrected chi connectivity index (χ3v) is 3.01. The number of benzene rings is 1. The minimum atomic E-state index is -0.696. The molecular formula is C13H15N3O4. The van der Waals surface area contributed by atoms with Crippen molar-refractivity contribution in [3.05, 3.63) is 24.3 Å². The van der Waals surface area contributed by atoms with Gasteiger partial charge in [-0.05, 0) is 19.1 Å². The third-order valence-electron chi connectivity index (χ3n) is 3.01. The average molecular weight is 277 g/mol. The summed E-state index contributed by atoms with van der Waals surface area (Å²) in [5.74, 6) is -0.376. The van der Waals surface area contributed by atoms with Gasteiger partial charge in [-0.15, -0.1) is 0 Å². The second kappa shape index (κ2) is 5.60. The number of carbonyl (C=O) groups excluding carboxylic acids is 3. The zero-order valence-corrected chi connectivity index (χ0v) is 11.2. The number of ether oxygens (including phenoxy) is 1. The molecule has 0 aromatic heterocycles. The van der Waals surface area contributed by atoms with E-state index >= 15 is 0 Å². The van der Waals surface area contributed by atoms with Gasteiger partial charge in [0.15, 0.2) is 0 Å². The number of imide groups is 1. The van der Waals surface area contributed by atoms with Crippen molar-refractivity contribution < 1.29 is 19.1 Å². The molecule has 0 saturated carbocycles. The van der Waals surface area contributed by atoms with E-state index in [0.29, 0.717) is 11.4 Å². The van der Waals surface area contributed by atoms with Crippen LogP contribution in [0.5, 0.6) is 5.75 Å². The van der Waals surface area contributed by atoms with Gasteiger partial charge in [-0.1, -0.05) is 6.07 Å². The summed E-state index contributed by atoms with van der Waals surface area (Å²) < 4.78 is 5.05. The van der Waals surface area contributed by atoms with Gasteiger partial charge in [-0.25, -0.2) is 4.79 Å². The molecule has 0 bridgehead atoms. The Morgan fingerprint density at radius 1 is 1.45 bits per heavy atom. The molecule has 0 aliphatic carbocycles. The monoisotopic (exact) mass is 277 g/mol. The number of rotatable bonds is 2. The SMILES string of the molecule is COc1cccc(NC(=O)N2CC(=O)NC(=O)C2C)c1. The Kier molecular flexibility index (Phi) is 3.88. The number of nitrogens with one attached hydrogen (secondary N) is 2. The smallest absolute Gasteiger partial charge is 0.322 e. The molecule has 1 atom stereocenters. The van der Waals surface area contributed by atoms with Gasteiger partial charge in [0.05, 0.1) is 7.11 Å². The maximum atomic E-state index is 12.1. The zero-order valence-electron chi connectivity index (χ0n) is 11.2. The van der Waals surface area contributed by atoms with E-state index in [2.05, 4.69) is 10.6 Å². The van der Waals surface area contributed by atoms with Crippen LogP contribution in [0.1, 0.15) is 6.92 Å². The molecule has 4 amide bonds. The van der Waals surface area contributed by atoms with E-state index in [0.717, 1.165) is 0 Å². The predicted molar refractivity (Wildman–Crippen MR) is 71.3 cm³/mol. The fourth-order valence-electron chi connectivity index (χ4n) is 1.86. The molecule has 1 fully saturated rings. The standard InChI is InChI=1S/C13H15N3O4/c1-8-12(18)15-11(17)7-16(8)13(19)14-9-4-3-5-10(6-9)20-2/h3-6,8H,7H2,1-2H3,(H,14,19)(H,15,17,18). The number of hydrogen-bond acceptors (Lipinski definition) is 4. The van der Waals surface area contributed by atoms with Crippen LogP contribution in [0.25, 0.3) is 0 Å². The zero-order chi connectivity index (χ0) is 14.7. The second-order valence-corrected chi connectivity index (χ2v) is 4.38. The van der Waals surface area contributed by atoms with Crippen molar-refractivity contribution in [1.82, 2.24) is 10.2 Å². The van der Waals surface area contributed by atoms with Gasteiger partial charge in [0.1, 0.15) is 18.3 Å². The largest absolute Gasteiger partial charge is 0.497 e. The van der Waals surface area contributed by atoms with Crippen molar-refractivity contribution in [3.63, 3.8) is 0 Å². The minimum Gasteiger partial charge on any atom is -0.497 e. The van der Waals surface area contributed by atoms with Crippen LogP contribution in [0.2, 0.25) is 0 Å². The lowest BCUT2D eigenvalue weighted by Crippen LogP contribution is -2.59. The molecule has 1 aliphatic rings. The van der Waals surface area contributed by atoms with Gasteiger partial charge >= 0.3 is 6.03 Å². The van der Waals surface area contributed by atoms with E-state index in [1.165, 1.54) is 12.0 Å². The topological polar surface area (TPSA) is 87.7 Å². The highest BCUT2D eigenvalue weighted by Gasteiger charge is 2.33. The Balaban J connectivity index is 2.10. The van der Waals surface area contributed by atoms with Gasteiger partial charge in [0.2, 0.25) is 11.8 Å². The van der Waals surface area contributed by atoms with E-state index in [-0.39, 0.29) is 6.54 Å². The summed E-state index contributed by atoms with van der Waals surface area (Å²) in [4.78, 5) is 36.1. The van der Waals surface area contributed by atoms with Gasteiger partial charge in [0.25, 0.3) is 0 Å². The molecule has 1 aromatic carbocycles. The van der Waals surface area contributed by atoms with Crippen LogP contribution in [0.4, 0.5) is 10.5 Å². The first kappa shape index (κ1) is 13.9.